The fourth-order valence-corrected chi connectivity index (χ4v) is 2.91. The summed E-state index contributed by atoms with van der Waals surface area (Å²) in [5.41, 5.74) is 1.97. The van der Waals surface area contributed by atoms with Crippen LogP contribution in [0.2, 0.25) is 0 Å². The van der Waals surface area contributed by atoms with E-state index < -0.39 is 5.41 Å². The SMILES string of the molecule is Cc1cc2nc(C)n(COC(=O)C(C)(C)C)c(=O)c2cc1C(C)Br. The number of fused-ring (bicyclic) bond motifs is 1. The molecule has 0 radical (unpaired) electrons. The molecule has 1 heterocycles. The molecule has 6 heteroatoms. The number of carbonyl (C=O) groups is 1. The highest BCUT2D eigenvalue weighted by molar-refractivity contribution is 9.09. The number of ether oxygens (including phenoxy) is 1. The summed E-state index contributed by atoms with van der Waals surface area (Å²) < 4.78 is 6.67. The normalized spacial score (nSPS) is 13.1. The van der Waals surface area contributed by atoms with Gasteiger partial charge in [-0.05, 0) is 64.8 Å². The van der Waals surface area contributed by atoms with Gasteiger partial charge in [-0.3, -0.25) is 14.2 Å². The van der Waals surface area contributed by atoms with Crippen molar-refractivity contribution in [2.75, 3.05) is 0 Å². The van der Waals surface area contributed by atoms with Crippen LogP contribution in [-0.2, 0) is 16.3 Å². The van der Waals surface area contributed by atoms with Crippen molar-refractivity contribution in [2.45, 2.75) is 53.1 Å². The van der Waals surface area contributed by atoms with Crippen molar-refractivity contribution in [1.82, 2.24) is 9.55 Å². The summed E-state index contributed by atoms with van der Waals surface area (Å²) in [6.45, 7) is 10.9. The summed E-state index contributed by atoms with van der Waals surface area (Å²) >= 11 is 3.55. The average molecular weight is 395 g/mol. The van der Waals surface area contributed by atoms with Crippen LogP contribution in [0.5, 0.6) is 0 Å². The maximum absolute atomic E-state index is 12.8. The highest BCUT2D eigenvalue weighted by Gasteiger charge is 2.23. The van der Waals surface area contributed by atoms with Gasteiger partial charge in [-0.2, -0.15) is 0 Å². The Bertz CT molecular complexity index is 848. The van der Waals surface area contributed by atoms with E-state index in [1.165, 1.54) is 4.57 Å². The second kappa shape index (κ2) is 6.67. The number of alkyl halides is 1. The number of hydrogen-bond acceptors (Lipinski definition) is 4. The van der Waals surface area contributed by atoms with Crippen molar-refractivity contribution in [3.63, 3.8) is 0 Å². The van der Waals surface area contributed by atoms with Crippen molar-refractivity contribution in [3.05, 3.63) is 39.4 Å². The Hall–Kier alpha value is -1.69. The molecule has 24 heavy (non-hydrogen) atoms. The molecule has 0 aliphatic rings. The molecular weight excluding hydrogens is 372 g/mol. The summed E-state index contributed by atoms with van der Waals surface area (Å²) in [7, 11) is 0. The first-order valence-electron chi connectivity index (χ1n) is 7.85. The van der Waals surface area contributed by atoms with Crippen LogP contribution in [0.1, 0.15) is 49.5 Å². The Morgan fingerprint density at radius 2 is 1.96 bits per heavy atom. The molecule has 1 atom stereocenters. The molecule has 0 saturated heterocycles. The van der Waals surface area contributed by atoms with Gasteiger partial charge in [-0.15, -0.1) is 0 Å². The van der Waals surface area contributed by atoms with Gasteiger partial charge in [0.15, 0.2) is 6.73 Å². The number of rotatable bonds is 3. The van der Waals surface area contributed by atoms with Crippen LogP contribution in [0.15, 0.2) is 16.9 Å². The lowest BCUT2D eigenvalue weighted by Gasteiger charge is -2.18. The van der Waals surface area contributed by atoms with Crippen LogP contribution in [0, 0.1) is 19.3 Å². The van der Waals surface area contributed by atoms with E-state index in [-0.39, 0.29) is 23.1 Å². The molecule has 2 rings (SSSR count). The van der Waals surface area contributed by atoms with E-state index in [9.17, 15) is 9.59 Å². The molecule has 0 bridgehead atoms. The van der Waals surface area contributed by atoms with Crippen molar-refractivity contribution in [2.24, 2.45) is 5.41 Å². The standard InChI is InChI=1S/C18H23BrN2O3/c1-10-7-15-14(8-13(10)11(2)19)16(22)21(12(3)20-15)9-24-17(23)18(4,5)6/h7-8,11H,9H2,1-6H3. The van der Waals surface area contributed by atoms with E-state index in [4.69, 9.17) is 4.74 Å². The van der Waals surface area contributed by atoms with E-state index in [0.717, 1.165) is 11.1 Å². The van der Waals surface area contributed by atoms with Gasteiger partial charge in [0.1, 0.15) is 5.82 Å². The third-order valence-electron chi connectivity index (χ3n) is 3.90. The van der Waals surface area contributed by atoms with Crippen LogP contribution in [0.25, 0.3) is 10.9 Å². The van der Waals surface area contributed by atoms with Gasteiger partial charge in [-0.1, -0.05) is 15.9 Å². The smallest absolute Gasteiger partial charge is 0.312 e. The number of aromatic nitrogens is 2. The molecule has 1 aromatic carbocycles. The molecule has 0 saturated carbocycles. The summed E-state index contributed by atoms with van der Waals surface area (Å²) in [4.78, 5) is 29.4. The third kappa shape index (κ3) is 3.69. The Labute approximate surface area is 150 Å². The molecule has 2 aromatic rings. The monoisotopic (exact) mass is 394 g/mol. The minimum absolute atomic E-state index is 0.128. The lowest BCUT2D eigenvalue weighted by atomic mass is 9.98. The highest BCUT2D eigenvalue weighted by Crippen LogP contribution is 2.27. The number of benzene rings is 1. The van der Waals surface area contributed by atoms with Gasteiger partial charge in [0.2, 0.25) is 0 Å². The zero-order valence-corrected chi connectivity index (χ0v) is 16.5. The molecule has 0 fully saturated rings. The van der Waals surface area contributed by atoms with E-state index >= 15 is 0 Å². The number of aryl methyl sites for hydroxylation is 2. The van der Waals surface area contributed by atoms with Gasteiger partial charge < -0.3 is 4.74 Å². The molecule has 0 aliphatic heterocycles. The Morgan fingerprint density at radius 3 is 2.50 bits per heavy atom. The maximum atomic E-state index is 12.8. The van der Waals surface area contributed by atoms with E-state index in [1.807, 2.05) is 26.0 Å². The minimum Gasteiger partial charge on any atom is -0.443 e. The lowest BCUT2D eigenvalue weighted by molar-refractivity contribution is -0.157. The van der Waals surface area contributed by atoms with E-state index in [0.29, 0.717) is 16.7 Å². The molecule has 0 spiro atoms. The topological polar surface area (TPSA) is 61.2 Å². The second-order valence-electron chi connectivity index (χ2n) is 7.05. The summed E-state index contributed by atoms with van der Waals surface area (Å²) in [6, 6.07) is 3.78. The highest BCUT2D eigenvalue weighted by atomic mass is 79.9. The van der Waals surface area contributed by atoms with Gasteiger partial charge in [0.25, 0.3) is 5.56 Å². The van der Waals surface area contributed by atoms with Crippen LogP contribution in [0.3, 0.4) is 0 Å². The molecule has 0 N–H and O–H groups in total. The Morgan fingerprint density at radius 1 is 1.33 bits per heavy atom. The Balaban J connectivity index is 2.50. The zero-order chi connectivity index (χ0) is 18.2. The van der Waals surface area contributed by atoms with Gasteiger partial charge >= 0.3 is 5.97 Å². The van der Waals surface area contributed by atoms with Gasteiger partial charge in [0, 0.05) is 4.83 Å². The second-order valence-corrected chi connectivity index (χ2v) is 8.42. The first-order chi connectivity index (χ1) is 11.0. The van der Waals surface area contributed by atoms with Crippen molar-refractivity contribution in [3.8, 4) is 0 Å². The van der Waals surface area contributed by atoms with Crippen molar-refractivity contribution < 1.29 is 9.53 Å². The van der Waals surface area contributed by atoms with E-state index in [1.54, 1.807) is 27.7 Å². The van der Waals surface area contributed by atoms with Crippen LogP contribution >= 0.6 is 15.9 Å². The molecule has 130 valence electrons. The molecule has 1 unspecified atom stereocenters. The van der Waals surface area contributed by atoms with Crippen LogP contribution in [0.4, 0.5) is 0 Å². The Kier molecular flexibility index (Phi) is 5.18. The number of nitrogens with zero attached hydrogens (tertiary/aromatic N) is 2. The average Bonchev–Trinajstić information content (AvgIpc) is 2.44. The molecule has 0 amide bonds. The number of halogens is 1. The quantitative estimate of drug-likeness (QED) is 0.582. The first kappa shape index (κ1) is 18.6. The largest absolute Gasteiger partial charge is 0.443 e. The molecule has 0 aliphatic carbocycles. The van der Waals surface area contributed by atoms with Crippen molar-refractivity contribution in [1.29, 1.82) is 0 Å². The third-order valence-corrected chi connectivity index (χ3v) is 4.39. The minimum atomic E-state index is -0.614. The summed E-state index contributed by atoms with van der Waals surface area (Å²) in [6.07, 6.45) is 0. The molecule has 5 nitrogen and oxygen atoms in total. The number of esters is 1. The lowest BCUT2D eigenvalue weighted by Crippen LogP contribution is -2.30. The number of hydrogen-bond donors (Lipinski definition) is 0. The predicted molar refractivity (Wildman–Crippen MR) is 98.4 cm³/mol. The maximum Gasteiger partial charge on any atom is 0.312 e. The summed E-state index contributed by atoms with van der Waals surface area (Å²) in [5.74, 6) is 0.167. The molecule has 1 aromatic heterocycles. The van der Waals surface area contributed by atoms with Crippen LogP contribution < -0.4 is 5.56 Å². The van der Waals surface area contributed by atoms with Gasteiger partial charge in [0.05, 0.1) is 16.3 Å². The van der Waals surface area contributed by atoms with Crippen molar-refractivity contribution >= 4 is 32.8 Å². The van der Waals surface area contributed by atoms with Gasteiger partial charge in [-0.25, -0.2) is 4.98 Å². The zero-order valence-electron chi connectivity index (χ0n) is 14.9. The van der Waals surface area contributed by atoms with Crippen LogP contribution in [-0.4, -0.2) is 15.5 Å². The fraction of sp³-hybridized carbons (Fsp3) is 0.500. The molecular formula is C18H23BrN2O3. The fourth-order valence-electron chi connectivity index (χ4n) is 2.42. The van der Waals surface area contributed by atoms with E-state index in [2.05, 4.69) is 20.9 Å². The summed E-state index contributed by atoms with van der Waals surface area (Å²) in [5, 5.41) is 0.527. The predicted octanol–water partition coefficient (Wildman–Crippen LogP) is 4.02. The number of carbonyl (C=O) groups excluding carboxylic acids is 1. The first-order valence-corrected chi connectivity index (χ1v) is 8.77.